The summed E-state index contributed by atoms with van der Waals surface area (Å²) in [5.41, 5.74) is 1.04. The minimum atomic E-state index is -0.624. The molecule has 1 fully saturated rings. The first kappa shape index (κ1) is 16.7. The third-order valence-electron chi connectivity index (χ3n) is 5.05. The summed E-state index contributed by atoms with van der Waals surface area (Å²) in [7, 11) is 1.63. The van der Waals surface area contributed by atoms with Gasteiger partial charge in [0.1, 0.15) is 5.75 Å². The average Bonchev–Trinajstić information content (AvgIpc) is 3.16. The highest BCUT2D eigenvalue weighted by Crippen LogP contribution is 2.38. The molecular formula is C20H21NO5. The van der Waals surface area contributed by atoms with Gasteiger partial charge in [0.15, 0.2) is 11.5 Å². The Kier molecular flexibility index (Phi) is 4.42. The van der Waals surface area contributed by atoms with Crippen molar-refractivity contribution in [1.82, 2.24) is 0 Å². The summed E-state index contributed by atoms with van der Waals surface area (Å²) in [5.74, 6) is 2.07. The normalized spacial score (nSPS) is 17.6. The van der Waals surface area contributed by atoms with E-state index in [-0.39, 0.29) is 12.7 Å². The van der Waals surface area contributed by atoms with E-state index in [2.05, 4.69) is 5.32 Å². The third kappa shape index (κ3) is 2.97. The van der Waals surface area contributed by atoms with Crippen LogP contribution >= 0.6 is 0 Å². The highest BCUT2D eigenvalue weighted by molar-refractivity contribution is 5.99. The number of rotatable bonds is 4. The van der Waals surface area contributed by atoms with Crippen LogP contribution < -0.4 is 19.5 Å². The van der Waals surface area contributed by atoms with Gasteiger partial charge >= 0.3 is 0 Å². The molecule has 0 unspecified atom stereocenters. The Morgan fingerprint density at radius 3 is 2.50 bits per heavy atom. The molecule has 0 aromatic heterocycles. The SMILES string of the molecule is COc1ccc(C2(C(=O)Nc3ccc4c(c3)OCO4)CCOCC2)cc1. The van der Waals surface area contributed by atoms with Gasteiger partial charge in [-0.1, -0.05) is 12.1 Å². The van der Waals surface area contributed by atoms with Crippen LogP contribution in [0.2, 0.25) is 0 Å². The molecule has 0 saturated carbocycles. The average molecular weight is 355 g/mol. The molecule has 1 saturated heterocycles. The van der Waals surface area contributed by atoms with E-state index in [1.54, 1.807) is 13.2 Å². The number of ether oxygens (including phenoxy) is 4. The fourth-order valence-electron chi connectivity index (χ4n) is 3.50. The minimum absolute atomic E-state index is 0.0372. The van der Waals surface area contributed by atoms with Crippen molar-refractivity contribution in [2.24, 2.45) is 0 Å². The summed E-state index contributed by atoms with van der Waals surface area (Å²) in [6.07, 6.45) is 1.27. The van der Waals surface area contributed by atoms with Crippen molar-refractivity contribution in [3.63, 3.8) is 0 Å². The molecule has 0 spiro atoms. The quantitative estimate of drug-likeness (QED) is 0.913. The van der Waals surface area contributed by atoms with Gasteiger partial charge in [-0.15, -0.1) is 0 Å². The van der Waals surface area contributed by atoms with Gasteiger partial charge < -0.3 is 24.3 Å². The summed E-state index contributed by atoms with van der Waals surface area (Å²) in [4.78, 5) is 13.3. The number of methoxy groups -OCH3 is 1. The van der Waals surface area contributed by atoms with Crippen LogP contribution in [0.25, 0.3) is 0 Å². The van der Waals surface area contributed by atoms with Gasteiger partial charge in [-0.2, -0.15) is 0 Å². The van der Waals surface area contributed by atoms with Crippen LogP contribution in [0.15, 0.2) is 42.5 Å². The van der Waals surface area contributed by atoms with Crippen LogP contribution in [0.3, 0.4) is 0 Å². The molecule has 0 aliphatic carbocycles. The van der Waals surface area contributed by atoms with Crippen molar-refractivity contribution in [3.05, 3.63) is 48.0 Å². The summed E-state index contributed by atoms with van der Waals surface area (Å²) >= 11 is 0. The summed E-state index contributed by atoms with van der Waals surface area (Å²) in [6, 6.07) is 13.1. The van der Waals surface area contributed by atoms with E-state index >= 15 is 0 Å². The van der Waals surface area contributed by atoms with E-state index in [4.69, 9.17) is 18.9 Å². The van der Waals surface area contributed by atoms with Crippen LogP contribution in [0, 0.1) is 0 Å². The first-order valence-corrected chi connectivity index (χ1v) is 8.65. The van der Waals surface area contributed by atoms with Crippen molar-refractivity contribution in [2.75, 3.05) is 32.4 Å². The Bertz CT molecular complexity index is 796. The zero-order chi connectivity index (χ0) is 18.0. The number of benzene rings is 2. The maximum Gasteiger partial charge on any atom is 0.235 e. The number of anilines is 1. The molecule has 6 nitrogen and oxygen atoms in total. The highest BCUT2D eigenvalue weighted by atomic mass is 16.7. The molecule has 2 aromatic carbocycles. The molecule has 0 radical (unpaired) electrons. The third-order valence-corrected chi connectivity index (χ3v) is 5.05. The fraction of sp³-hybridized carbons (Fsp3) is 0.350. The molecule has 2 aliphatic rings. The summed E-state index contributed by atoms with van der Waals surface area (Å²) in [5, 5.41) is 3.05. The second-order valence-electron chi connectivity index (χ2n) is 6.45. The molecule has 1 N–H and O–H groups in total. The monoisotopic (exact) mass is 355 g/mol. The smallest absolute Gasteiger partial charge is 0.235 e. The first-order chi connectivity index (χ1) is 12.7. The van der Waals surface area contributed by atoms with Gasteiger partial charge in [-0.25, -0.2) is 0 Å². The van der Waals surface area contributed by atoms with E-state index < -0.39 is 5.41 Å². The number of hydrogen-bond donors (Lipinski definition) is 1. The Labute approximate surface area is 152 Å². The molecule has 2 aliphatic heterocycles. The van der Waals surface area contributed by atoms with Gasteiger partial charge in [0.05, 0.1) is 12.5 Å². The lowest BCUT2D eigenvalue weighted by molar-refractivity contribution is -0.125. The van der Waals surface area contributed by atoms with Gasteiger partial charge in [0.2, 0.25) is 12.7 Å². The van der Waals surface area contributed by atoms with Crippen LogP contribution in [-0.2, 0) is 14.9 Å². The minimum Gasteiger partial charge on any atom is -0.497 e. The zero-order valence-corrected chi connectivity index (χ0v) is 14.6. The molecule has 2 aromatic rings. The predicted molar refractivity (Wildman–Crippen MR) is 95.9 cm³/mol. The van der Waals surface area contributed by atoms with Crippen molar-refractivity contribution < 1.29 is 23.7 Å². The fourth-order valence-corrected chi connectivity index (χ4v) is 3.50. The molecule has 0 bridgehead atoms. The molecule has 0 atom stereocenters. The maximum absolute atomic E-state index is 13.3. The largest absolute Gasteiger partial charge is 0.497 e. The van der Waals surface area contributed by atoms with E-state index in [0.717, 1.165) is 11.3 Å². The van der Waals surface area contributed by atoms with Gasteiger partial charge in [0.25, 0.3) is 0 Å². The first-order valence-electron chi connectivity index (χ1n) is 8.65. The molecule has 6 heteroatoms. The van der Waals surface area contributed by atoms with E-state index in [9.17, 15) is 4.79 Å². The molecule has 2 heterocycles. The number of hydrogen-bond acceptors (Lipinski definition) is 5. The number of nitrogens with one attached hydrogen (secondary N) is 1. The molecular weight excluding hydrogens is 334 g/mol. The van der Waals surface area contributed by atoms with Crippen molar-refractivity contribution >= 4 is 11.6 Å². The molecule has 26 heavy (non-hydrogen) atoms. The second-order valence-corrected chi connectivity index (χ2v) is 6.45. The van der Waals surface area contributed by atoms with Crippen LogP contribution in [-0.4, -0.2) is 33.0 Å². The number of fused-ring (bicyclic) bond motifs is 1. The second kappa shape index (κ2) is 6.88. The van der Waals surface area contributed by atoms with Crippen molar-refractivity contribution in [1.29, 1.82) is 0 Å². The lowest BCUT2D eigenvalue weighted by Crippen LogP contribution is -2.44. The van der Waals surface area contributed by atoms with Crippen LogP contribution in [0.1, 0.15) is 18.4 Å². The van der Waals surface area contributed by atoms with Crippen LogP contribution in [0.4, 0.5) is 5.69 Å². The van der Waals surface area contributed by atoms with Crippen LogP contribution in [0.5, 0.6) is 17.2 Å². The number of carbonyl (C=O) groups excluding carboxylic acids is 1. The van der Waals surface area contributed by atoms with E-state index in [1.807, 2.05) is 36.4 Å². The maximum atomic E-state index is 13.3. The summed E-state index contributed by atoms with van der Waals surface area (Å²) < 4.78 is 21.5. The Balaban J connectivity index is 1.62. The predicted octanol–water partition coefficient (Wildman–Crippen LogP) is 3.11. The topological polar surface area (TPSA) is 66.0 Å². The lowest BCUT2D eigenvalue weighted by Gasteiger charge is -2.36. The molecule has 4 rings (SSSR count). The Morgan fingerprint density at radius 2 is 1.77 bits per heavy atom. The Hall–Kier alpha value is -2.73. The molecule has 136 valence electrons. The van der Waals surface area contributed by atoms with Crippen molar-refractivity contribution in [3.8, 4) is 17.2 Å². The van der Waals surface area contributed by atoms with Gasteiger partial charge in [-0.3, -0.25) is 4.79 Å². The Morgan fingerprint density at radius 1 is 1.04 bits per heavy atom. The standard InChI is InChI=1S/C20H21NO5/c1-23-16-5-2-14(3-6-16)20(8-10-24-11-9-20)19(22)21-15-4-7-17-18(12-15)26-13-25-17/h2-7,12H,8-11,13H2,1H3,(H,21,22). The van der Waals surface area contributed by atoms with E-state index in [1.165, 1.54) is 0 Å². The highest BCUT2D eigenvalue weighted by Gasteiger charge is 2.41. The van der Waals surface area contributed by atoms with Crippen molar-refractivity contribution in [2.45, 2.75) is 18.3 Å². The lowest BCUT2D eigenvalue weighted by atomic mass is 9.73. The number of carbonyl (C=O) groups is 1. The van der Waals surface area contributed by atoms with Gasteiger partial charge in [-0.05, 0) is 42.7 Å². The molecule has 1 amide bonds. The zero-order valence-electron chi connectivity index (χ0n) is 14.6. The summed E-state index contributed by atoms with van der Waals surface area (Å²) in [6.45, 7) is 1.32. The number of amides is 1. The van der Waals surface area contributed by atoms with E-state index in [0.29, 0.717) is 43.2 Å². The van der Waals surface area contributed by atoms with Gasteiger partial charge in [0, 0.05) is 25.0 Å².